The zero-order valence-corrected chi connectivity index (χ0v) is 17.2. The fraction of sp³-hybridized carbons (Fsp3) is 0.476. The van der Waals surface area contributed by atoms with E-state index in [1.54, 1.807) is 23.6 Å². The molecule has 1 N–H and O–H groups in total. The highest BCUT2D eigenvalue weighted by molar-refractivity contribution is 7.10. The first kappa shape index (κ1) is 19.8. The standard InChI is InChI=1S/C21H26N4O3S/c26-19(14-17-5-3-13-29-17)24-8-10-25(11-9-24)20-18(6-1-7-22-20)21(27)23-15-16-4-2-12-28-16/h1,3,5-7,13,16H,2,4,8-12,14-15H2,(H,23,27). The lowest BCUT2D eigenvalue weighted by Gasteiger charge is -2.36. The number of hydrogen-bond donors (Lipinski definition) is 1. The Bertz CT molecular complexity index is 828. The Morgan fingerprint density at radius 3 is 2.79 bits per heavy atom. The van der Waals surface area contributed by atoms with E-state index in [1.165, 1.54) is 0 Å². The Morgan fingerprint density at radius 2 is 2.07 bits per heavy atom. The van der Waals surface area contributed by atoms with Gasteiger partial charge >= 0.3 is 0 Å². The zero-order chi connectivity index (χ0) is 20.1. The van der Waals surface area contributed by atoms with Gasteiger partial charge in [-0.1, -0.05) is 6.07 Å². The Labute approximate surface area is 174 Å². The van der Waals surface area contributed by atoms with Crippen LogP contribution in [0.5, 0.6) is 0 Å². The summed E-state index contributed by atoms with van der Waals surface area (Å²) in [5.74, 6) is 0.713. The Morgan fingerprint density at radius 1 is 1.21 bits per heavy atom. The number of ether oxygens (including phenoxy) is 1. The second kappa shape index (κ2) is 9.37. The molecule has 0 aromatic carbocycles. The number of hydrogen-bond acceptors (Lipinski definition) is 6. The molecule has 0 aliphatic carbocycles. The predicted octanol–water partition coefficient (Wildman–Crippen LogP) is 1.94. The number of carbonyl (C=O) groups excluding carboxylic acids is 2. The van der Waals surface area contributed by atoms with Gasteiger partial charge in [-0.2, -0.15) is 0 Å². The maximum atomic E-state index is 12.7. The van der Waals surface area contributed by atoms with Crippen molar-refractivity contribution in [3.05, 3.63) is 46.3 Å². The van der Waals surface area contributed by atoms with E-state index >= 15 is 0 Å². The number of thiophene rings is 1. The number of anilines is 1. The molecule has 1 unspecified atom stereocenters. The number of amides is 2. The number of aromatic nitrogens is 1. The molecule has 0 radical (unpaired) electrons. The minimum absolute atomic E-state index is 0.108. The van der Waals surface area contributed by atoms with Gasteiger partial charge in [0, 0.05) is 50.4 Å². The molecular formula is C21H26N4O3S. The number of rotatable bonds is 6. The van der Waals surface area contributed by atoms with E-state index in [0.717, 1.165) is 24.3 Å². The number of carbonyl (C=O) groups is 2. The summed E-state index contributed by atoms with van der Waals surface area (Å²) in [4.78, 5) is 34.8. The van der Waals surface area contributed by atoms with E-state index in [0.29, 0.717) is 50.5 Å². The van der Waals surface area contributed by atoms with E-state index in [2.05, 4.69) is 15.2 Å². The highest BCUT2D eigenvalue weighted by atomic mass is 32.1. The van der Waals surface area contributed by atoms with Crippen molar-refractivity contribution in [2.24, 2.45) is 0 Å². The van der Waals surface area contributed by atoms with Crippen molar-refractivity contribution in [1.29, 1.82) is 0 Å². The average Bonchev–Trinajstić information content (AvgIpc) is 3.46. The molecule has 0 saturated carbocycles. The molecule has 1 atom stereocenters. The zero-order valence-electron chi connectivity index (χ0n) is 16.4. The molecule has 8 heteroatoms. The molecule has 0 spiro atoms. The van der Waals surface area contributed by atoms with Crippen molar-refractivity contribution in [1.82, 2.24) is 15.2 Å². The van der Waals surface area contributed by atoms with Crippen LogP contribution in [0.1, 0.15) is 28.1 Å². The molecule has 2 amide bonds. The van der Waals surface area contributed by atoms with Crippen LogP contribution in [0, 0.1) is 0 Å². The van der Waals surface area contributed by atoms with Crippen molar-refractivity contribution in [2.75, 3.05) is 44.2 Å². The average molecular weight is 415 g/mol. The summed E-state index contributed by atoms with van der Waals surface area (Å²) in [6, 6.07) is 7.55. The molecule has 2 aliphatic rings. The first-order valence-electron chi connectivity index (χ1n) is 10.1. The van der Waals surface area contributed by atoms with Crippen LogP contribution in [0.4, 0.5) is 5.82 Å². The molecule has 154 valence electrons. The lowest BCUT2D eigenvalue weighted by molar-refractivity contribution is -0.130. The van der Waals surface area contributed by atoms with Crippen molar-refractivity contribution in [3.8, 4) is 0 Å². The van der Waals surface area contributed by atoms with E-state index in [1.807, 2.05) is 28.5 Å². The molecule has 2 aliphatic heterocycles. The van der Waals surface area contributed by atoms with Crippen LogP contribution < -0.4 is 10.2 Å². The third kappa shape index (κ3) is 4.94. The first-order chi connectivity index (χ1) is 14.2. The largest absolute Gasteiger partial charge is 0.376 e. The second-order valence-corrected chi connectivity index (χ2v) is 8.38. The molecule has 29 heavy (non-hydrogen) atoms. The van der Waals surface area contributed by atoms with Gasteiger partial charge in [-0.05, 0) is 36.4 Å². The van der Waals surface area contributed by atoms with Gasteiger partial charge in [-0.25, -0.2) is 4.98 Å². The van der Waals surface area contributed by atoms with Gasteiger partial charge in [0.1, 0.15) is 5.82 Å². The quantitative estimate of drug-likeness (QED) is 0.782. The highest BCUT2D eigenvalue weighted by Crippen LogP contribution is 2.20. The van der Waals surface area contributed by atoms with Gasteiger partial charge in [0.2, 0.25) is 5.91 Å². The van der Waals surface area contributed by atoms with Crippen LogP contribution in [-0.2, 0) is 16.0 Å². The Balaban J connectivity index is 1.34. The van der Waals surface area contributed by atoms with Gasteiger partial charge < -0.3 is 19.9 Å². The molecule has 2 aromatic rings. The van der Waals surface area contributed by atoms with Crippen LogP contribution in [0.2, 0.25) is 0 Å². The van der Waals surface area contributed by atoms with E-state index in [9.17, 15) is 9.59 Å². The summed E-state index contributed by atoms with van der Waals surface area (Å²) in [6.45, 7) is 3.90. The van der Waals surface area contributed by atoms with Gasteiger partial charge in [0.15, 0.2) is 0 Å². The lowest BCUT2D eigenvalue weighted by atomic mass is 10.2. The maximum Gasteiger partial charge on any atom is 0.255 e. The van der Waals surface area contributed by atoms with Crippen LogP contribution in [0.15, 0.2) is 35.8 Å². The van der Waals surface area contributed by atoms with Gasteiger partial charge in [0.05, 0.1) is 18.1 Å². The van der Waals surface area contributed by atoms with Crippen molar-refractivity contribution >= 4 is 29.0 Å². The van der Waals surface area contributed by atoms with Gasteiger partial charge in [-0.3, -0.25) is 9.59 Å². The molecule has 2 aromatic heterocycles. The van der Waals surface area contributed by atoms with E-state index in [-0.39, 0.29) is 17.9 Å². The van der Waals surface area contributed by atoms with Crippen LogP contribution in [0.25, 0.3) is 0 Å². The Kier molecular flexibility index (Phi) is 6.41. The molecule has 4 rings (SSSR count). The minimum Gasteiger partial charge on any atom is -0.376 e. The van der Waals surface area contributed by atoms with Crippen LogP contribution >= 0.6 is 11.3 Å². The summed E-state index contributed by atoms with van der Waals surface area (Å²) >= 11 is 1.61. The fourth-order valence-electron chi connectivity index (χ4n) is 3.77. The summed E-state index contributed by atoms with van der Waals surface area (Å²) in [6.07, 6.45) is 4.31. The number of nitrogens with one attached hydrogen (secondary N) is 1. The smallest absolute Gasteiger partial charge is 0.255 e. The SMILES string of the molecule is O=C(NCC1CCCO1)c1cccnc1N1CCN(C(=O)Cc2cccs2)CC1. The van der Waals surface area contributed by atoms with Crippen molar-refractivity contribution < 1.29 is 14.3 Å². The van der Waals surface area contributed by atoms with Crippen LogP contribution in [0.3, 0.4) is 0 Å². The van der Waals surface area contributed by atoms with E-state index in [4.69, 9.17) is 4.74 Å². The minimum atomic E-state index is -0.125. The summed E-state index contributed by atoms with van der Waals surface area (Å²) in [5, 5.41) is 4.97. The molecule has 2 saturated heterocycles. The number of piperazine rings is 1. The summed E-state index contributed by atoms with van der Waals surface area (Å²) < 4.78 is 5.58. The van der Waals surface area contributed by atoms with Gasteiger partial charge in [0.25, 0.3) is 5.91 Å². The van der Waals surface area contributed by atoms with E-state index < -0.39 is 0 Å². The molecule has 7 nitrogen and oxygen atoms in total. The number of nitrogens with zero attached hydrogens (tertiary/aromatic N) is 3. The summed E-state index contributed by atoms with van der Waals surface area (Å²) in [7, 11) is 0. The molecule has 0 bridgehead atoms. The monoisotopic (exact) mass is 414 g/mol. The summed E-state index contributed by atoms with van der Waals surface area (Å²) in [5.41, 5.74) is 0.573. The van der Waals surface area contributed by atoms with Crippen molar-refractivity contribution in [2.45, 2.75) is 25.4 Å². The topological polar surface area (TPSA) is 74.8 Å². The number of pyridine rings is 1. The molecule has 4 heterocycles. The lowest BCUT2D eigenvalue weighted by Crippen LogP contribution is -2.50. The third-order valence-corrected chi connectivity index (χ3v) is 6.26. The molecule has 2 fully saturated rings. The normalized spacial score (nSPS) is 19.4. The first-order valence-corrected chi connectivity index (χ1v) is 11.0. The fourth-order valence-corrected chi connectivity index (χ4v) is 4.47. The third-order valence-electron chi connectivity index (χ3n) is 5.38. The van der Waals surface area contributed by atoms with Crippen LogP contribution in [-0.4, -0.2) is 67.1 Å². The second-order valence-electron chi connectivity index (χ2n) is 7.34. The predicted molar refractivity (Wildman–Crippen MR) is 112 cm³/mol. The molecular weight excluding hydrogens is 388 g/mol. The maximum absolute atomic E-state index is 12.7. The van der Waals surface area contributed by atoms with Gasteiger partial charge in [-0.15, -0.1) is 11.3 Å². The Hall–Kier alpha value is -2.45. The van der Waals surface area contributed by atoms with Crippen molar-refractivity contribution in [3.63, 3.8) is 0 Å². The highest BCUT2D eigenvalue weighted by Gasteiger charge is 2.25.